The van der Waals surface area contributed by atoms with Crippen LogP contribution in [0.1, 0.15) is 25.7 Å². The molecular weight excluding hydrogens is 732 g/mol. The lowest BCUT2D eigenvalue weighted by molar-refractivity contribution is -0.367. The van der Waals surface area contributed by atoms with Crippen molar-refractivity contribution in [1.29, 1.82) is 0 Å². The van der Waals surface area contributed by atoms with Gasteiger partial charge in [0.05, 0.1) is 25.9 Å². The van der Waals surface area contributed by atoms with Crippen molar-refractivity contribution in [2.75, 3.05) is 56.1 Å². The van der Waals surface area contributed by atoms with Crippen LogP contribution in [0.15, 0.2) is 24.3 Å². The molecule has 15 atom stereocenters. The molecule has 0 amide bonds. The summed E-state index contributed by atoms with van der Waals surface area (Å²) in [6.45, 7) is -1.85. The topological polar surface area (TPSA) is 293 Å². The van der Waals surface area contributed by atoms with Crippen LogP contribution in [0, 0.1) is 0 Å². The Bertz CT molecular complexity index is 1160. The number of ether oxygens (including phenoxy) is 5. The predicted molar refractivity (Wildman–Crippen MR) is 188 cm³/mol. The summed E-state index contributed by atoms with van der Waals surface area (Å²) < 4.78 is 27.7. The summed E-state index contributed by atoms with van der Waals surface area (Å²) in [5.74, 6) is 1.23. The lowest BCUT2D eigenvalue weighted by Crippen LogP contribution is -2.65. The summed E-state index contributed by atoms with van der Waals surface area (Å²) in [5.41, 5.74) is 1.32. The minimum Gasteiger partial charge on any atom is -0.394 e. The molecular formula is C32H54N2O16S2. The van der Waals surface area contributed by atoms with Gasteiger partial charge in [0.25, 0.3) is 0 Å². The van der Waals surface area contributed by atoms with Crippen LogP contribution < -0.4 is 10.6 Å². The Balaban J connectivity index is 1.27. The van der Waals surface area contributed by atoms with Gasteiger partial charge in [0.15, 0.2) is 12.6 Å². The van der Waals surface area contributed by atoms with Crippen LogP contribution >= 0.6 is 21.6 Å². The minimum absolute atomic E-state index is 0.248. The largest absolute Gasteiger partial charge is 0.394 e. The van der Waals surface area contributed by atoms with Gasteiger partial charge >= 0.3 is 0 Å². The monoisotopic (exact) mass is 786 g/mol. The van der Waals surface area contributed by atoms with Crippen molar-refractivity contribution in [2.24, 2.45) is 0 Å². The first-order chi connectivity index (χ1) is 25.0. The molecule has 3 fully saturated rings. The number of aliphatic hydroxyl groups is 11. The van der Waals surface area contributed by atoms with Crippen molar-refractivity contribution < 1.29 is 79.9 Å². The quantitative estimate of drug-likeness (QED) is 0.0334. The number of aliphatic hydroxyl groups excluding tert-OH is 11. The van der Waals surface area contributed by atoms with Crippen molar-refractivity contribution in [3.63, 3.8) is 0 Å². The summed E-state index contributed by atoms with van der Waals surface area (Å²) in [6, 6.07) is 7.09. The second-order valence-electron chi connectivity index (χ2n) is 12.9. The van der Waals surface area contributed by atoms with E-state index in [2.05, 4.69) is 10.6 Å². The molecule has 18 nitrogen and oxygen atoms in total. The van der Waals surface area contributed by atoms with E-state index in [9.17, 15) is 56.2 Å². The summed E-state index contributed by atoms with van der Waals surface area (Å²) in [7, 11) is 3.91. The maximum absolute atomic E-state index is 11.0. The van der Waals surface area contributed by atoms with Crippen LogP contribution in [0.3, 0.4) is 0 Å². The number of hydrogen-bond acceptors (Lipinski definition) is 20. The van der Waals surface area contributed by atoms with Gasteiger partial charge in [0.1, 0.15) is 73.9 Å². The van der Waals surface area contributed by atoms with Crippen molar-refractivity contribution in [1.82, 2.24) is 0 Å². The van der Waals surface area contributed by atoms with E-state index in [1.54, 1.807) is 18.2 Å². The van der Waals surface area contributed by atoms with Gasteiger partial charge in [-0.15, -0.1) is 0 Å². The molecule has 0 aromatic heterocycles. The molecule has 3 heterocycles. The third kappa shape index (κ3) is 11.9. The Labute approximate surface area is 309 Å². The molecule has 0 aliphatic carbocycles. The highest BCUT2D eigenvalue weighted by atomic mass is 33.1. The lowest BCUT2D eigenvalue weighted by atomic mass is 9.96. The molecule has 1 aromatic carbocycles. The smallest absolute Gasteiger partial charge is 0.187 e. The third-order valence-corrected chi connectivity index (χ3v) is 12.1. The van der Waals surface area contributed by atoms with Crippen molar-refractivity contribution >= 4 is 33.0 Å². The molecule has 15 unspecified atom stereocenters. The SMILES string of the molecule is OCC(O)C(OC1OC(CO)C(OC2OC(CO)C(O)C(O)C2O)C(O)C1O)C(O)C(O)CNc1cccc(NCOCCCCC2CCSS2)c1. The molecule has 3 saturated heterocycles. The van der Waals surface area contributed by atoms with Crippen LogP contribution in [0.4, 0.5) is 11.4 Å². The van der Waals surface area contributed by atoms with Crippen LogP contribution in [0.25, 0.3) is 0 Å². The Hall–Kier alpha value is -1.12. The molecule has 0 radical (unpaired) electrons. The second kappa shape index (κ2) is 21.8. The summed E-state index contributed by atoms with van der Waals surface area (Å²) in [6.07, 6.45) is -19.8. The minimum atomic E-state index is -1.98. The van der Waals surface area contributed by atoms with E-state index in [1.165, 1.54) is 18.6 Å². The maximum atomic E-state index is 11.0. The van der Waals surface area contributed by atoms with E-state index < -0.39 is 106 Å². The summed E-state index contributed by atoms with van der Waals surface area (Å²) >= 11 is 0. The van der Waals surface area contributed by atoms with Crippen molar-refractivity contribution in [2.45, 2.75) is 117 Å². The van der Waals surface area contributed by atoms with Crippen molar-refractivity contribution in [3.8, 4) is 0 Å². The lowest BCUT2D eigenvalue weighted by Gasteiger charge is -2.46. The first kappa shape index (κ1) is 43.6. The number of anilines is 2. The normalized spacial score (nSPS) is 34.8. The molecule has 13 N–H and O–H groups in total. The molecule has 3 aliphatic rings. The molecule has 4 rings (SSSR count). The average molecular weight is 787 g/mol. The molecule has 20 heteroatoms. The number of hydrogen-bond donors (Lipinski definition) is 13. The third-order valence-electron chi connectivity index (χ3n) is 9.10. The highest BCUT2D eigenvalue weighted by Crippen LogP contribution is 2.40. The van der Waals surface area contributed by atoms with Gasteiger partial charge in [-0.1, -0.05) is 34.1 Å². The van der Waals surface area contributed by atoms with E-state index in [0.29, 0.717) is 19.0 Å². The standard InChI is InChI=1S/C32H54N2O16S2/c35-12-20(39)29(49-32-28(45)26(43)30(22(14-37)48-32)50-31-27(44)25(42)24(41)21(13-36)47-31)23(40)19(38)11-33-16-4-3-5-17(10-16)34-15-46-8-2-1-6-18-7-9-51-52-18/h3-5,10,18-45H,1-2,6-9,11-15H2. The molecule has 52 heavy (non-hydrogen) atoms. The number of benzene rings is 1. The Morgan fingerprint density at radius 2 is 1.50 bits per heavy atom. The molecule has 0 spiro atoms. The van der Waals surface area contributed by atoms with E-state index in [-0.39, 0.29) is 6.54 Å². The van der Waals surface area contributed by atoms with Crippen molar-refractivity contribution in [3.05, 3.63) is 24.3 Å². The highest BCUT2D eigenvalue weighted by molar-refractivity contribution is 8.77. The fourth-order valence-corrected chi connectivity index (χ4v) is 9.00. The summed E-state index contributed by atoms with van der Waals surface area (Å²) in [5, 5.41) is 120. The van der Waals surface area contributed by atoms with Crippen LogP contribution in [0.2, 0.25) is 0 Å². The molecule has 3 aliphatic heterocycles. The molecule has 0 saturated carbocycles. The van der Waals surface area contributed by atoms with E-state index >= 15 is 0 Å². The van der Waals surface area contributed by atoms with E-state index in [4.69, 9.17) is 23.7 Å². The zero-order chi connectivity index (χ0) is 37.8. The first-order valence-corrected chi connectivity index (χ1v) is 19.7. The fourth-order valence-electron chi connectivity index (χ4n) is 5.97. The van der Waals surface area contributed by atoms with Gasteiger partial charge < -0.3 is 90.5 Å². The number of rotatable bonds is 21. The molecule has 1 aromatic rings. The van der Waals surface area contributed by atoms with Crippen LogP contribution in [-0.4, -0.2) is 193 Å². The zero-order valence-corrected chi connectivity index (χ0v) is 30.2. The average Bonchev–Trinajstić information content (AvgIpc) is 3.68. The fraction of sp³-hybridized carbons (Fsp3) is 0.812. The highest BCUT2D eigenvalue weighted by Gasteiger charge is 2.51. The van der Waals surface area contributed by atoms with Gasteiger partial charge in [0.2, 0.25) is 0 Å². The molecule has 300 valence electrons. The Morgan fingerprint density at radius 1 is 0.808 bits per heavy atom. The maximum Gasteiger partial charge on any atom is 0.187 e. The van der Waals surface area contributed by atoms with E-state index in [0.717, 1.165) is 23.8 Å². The zero-order valence-electron chi connectivity index (χ0n) is 28.5. The first-order valence-electron chi connectivity index (χ1n) is 17.3. The Morgan fingerprint density at radius 3 is 2.17 bits per heavy atom. The van der Waals surface area contributed by atoms with E-state index in [1.807, 2.05) is 27.7 Å². The van der Waals surface area contributed by atoms with Crippen LogP contribution in [-0.2, 0) is 23.7 Å². The Kier molecular flexibility index (Phi) is 18.3. The second-order valence-corrected chi connectivity index (χ2v) is 15.7. The predicted octanol–water partition coefficient (Wildman–Crippen LogP) is -3.11. The van der Waals surface area contributed by atoms with Gasteiger partial charge in [-0.3, -0.25) is 0 Å². The van der Waals surface area contributed by atoms with Crippen LogP contribution in [0.5, 0.6) is 0 Å². The van der Waals surface area contributed by atoms with Gasteiger partial charge in [-0.05, 0) is 37.5 Å². The molecule has 0 bridgehead atoms. The summed E-state index contributed by atoms with van der Waals surface area (Å²) in [4.78, 5) is 0. The van der Waals surface area contributed by atoms with Gasteiger partial charge in [-0.2, -0.15) is 0 Å². The number of nitrogens with one attached hydrogen (secondary N) is 2. The van der Waals surface area contributed by atoms with Gasteiger partial charge in [-0.25, -0.2) is 0 Å². The van der Waals surface area contributed by atoms with Gasteiger partial charge in [0, 0.05) is 35.5 Å². The number of unbranched alkanes of at least 4 members (excludes halogenated alkanes) is 1.